The molecule has 5 heteroatoms. The lowest BCUT2D eigenvalue weighted by atomic mass is 10.2. The summed E-state index contributed by atoms with van der Waals surface area (Å²) >= 11 is 1.59. The fourth-order valence-electron chi connectivity index (χ4n) is 1.78. The second-order valence-electron chi connectivity index (χ2n) is 4.27. The predicted molar refractivity (Wildman–Crippen MR) is 72.1 cm³/mol. The summed E-state index contributed by atoms with van der Waals surface area (Å²) in [7, 11) is 0. The smallest absolute Gasteiger partial charge is 0.152 e. The van der Waals surface area contributed by atoms with Crippen LogP contribution in [0.5, 0.6) is 0 Å². The van der Waals surface area contributed by atoms with E-state index in [4.69, 9.17) is 0 Å². The van der Waals surface area contributed by atoms with Crippen molar-refractivity contribution < 1.29 is 13.2 Å². The number of halogens is 3. The molecule has 0 spiro atoms. The summed E-state index contributed by atoms with van der Waals surface area (Å²) in [6, 6.07) is 5.03. The lowest BCUT2D eigenvalue weighted by Gasteiger charge is -2.15. The number of hydrogen-bond acceptors (Lipinski definition) is 2. The van der Waals surface area contributed by atoms with Gasteiger partial charge >= 0.3 is 0 Å². The second kappa shape index (κ2) is 5.65. The predicted octanol–water partition coefficient (Wildman–Crippen LogP) is 4.90. The molecule has 1 heterocycles. The molecular formula is C14H14F3NS. The molecule has 0 bridgehead atoms. The topological polar surface area (TPSA) is 12.0 Å². The molecule has 0 saturated heterocycles. The molecular weight excluding hydrogens is 271 g/mol. The summed E-state index contributed by atoms with van der Waals surface area (Å²) < 4.78 is 39.9. The van der Waals surface area contributed by atoms with Gasteiger partial charge in [-0.3, -0.25) is 0 Å². The molecule has 0 aliphatic carbocycles. The van der Waals surface area contributed by atoms with E-state index < -0.39 is 17.5 Å². The van der Waals surface area contributed by atoms with E-state index in [1.54, 1.807) is 11.3 Å². The van der Waals surface area contributed by atoms with Crippen LogP contribution < -0.4 is 5.32 Å². The zero-order valence-electron chi connectivity index (χ0n) is 10.6. The average Bonchev–Trinajstić information content (AvgIpc) is 2.82. The van der Waals surface area contributed by atoms with Gasteiger partial charge in [0.1, 0.15) is 11.5 Å². The molecule has 1 atom stereocenters. The van der Waals surface area contributed by atoms with Crippen molar-refractivity contribution in [1.82, 2.24) is 0 Å². The molecule has 1 unspecified atom stereocenters. The Kier molecular flexibility index (Phi) is 4.14. The average molecular weight is 285 g/mol. The van der Waals surface area contributed by atoms with Crippen LogP contribution in [0.25, 0.3) is 0 Å². The minimum Gasteiger partial charge on any atom is -0.373 e. The van der Waals surface area contributed by atoms with E-state index in [0.717, 1.165) is 11.3 Å². The van der Waals surface area contributed by atoms with Gasteiger partial charge in [0, 0.05) is 21.9 Å². The van der Waals surface area contributed by atoms with Crippen molar-refractivity contribution in [2.75, 3.05) is 5.32 Å². The van der Waals surface area contributed by atoms with Crippen LogP contribution in [0, 0.1) is 17.5 Å². The maximum atomic E-state index is 13.5. The standard InChI is InChI=1S/C14H14F3NS/c1-3-10-4-5-13(19-10)8(2)18-14-11(16)6-9(15)7-12(14)17/h4-8,18H,3H2,1-2H3. The summed E-state index contributed by atoms with van der Waals surface area (Å²) in [4.78, 5) is 2.20. The zero-order chi connectivity index (χ0) is 14.0. The van der Waals surface area contributed by atoms with Gasteiger partial charge in [-0.15, -0.1) is 11.3 Å². The molecule has 0 amide bonds. The fraction of sp³-hybridized carbons (Fsp3) is 0.286. The van der Waals surface area contributed by atoms with E-state index in [9.17, 15) is 13.2 Å². The first-order valence-electron chi connectivity index (χ1n) is 6.01. The molecule has 0 aliphatic heterocycles. The molecule has 2 rings (SSSR count). The number of aryl methyl sites for hydroxylation is 1. The van der Waals surface area contributed by atoms with Crippen LogP contribution in [0.15, 0.2) is 24.3 Å². The molecule has 1 aromatic carbocycles. The zero-order valence-corrected chi connectivity index (χ0v) is 11.5. The van der Waals surface area contributed by atoms with Gasteiger partial charge in [0.2, 0.25) is 0 Å². The molecule has 0 radical (unpaired) electrons. The summed E-state index contributed by atoms with van der Waals surface area (Å²) in [6.45, 7) is 3.86. The van der Waals surface area contributed by atoms with Crippen molar-refractivity contribution in [3.63, 3.8) is 0 Å². The third kappa shape index (κ3) is 3.10. The summed E-state index contributed by atoms with van der Waals surface area (Å²) in [6.07, 6.45) is 0.927. The fourth-order valence-corrected chi connectivity index (χ4v) is 2.74. The van der Waals surface area contributed by atoms with Crippen molar-refractivity contribution in [1.29, 1.82) is 0 Å². The minimum atomic E-state index is -0.920. The maximum absolute atomic E-state index is 13.5. The molecule has 0 saturated carbocycles. The Hall–Kier alpha value is -1.49. The van der Waals surface area contributed by atoms with Crippen LogP contribution in [0.4, 0.5) is 18.9 Å². The lowest BCUT2D eigenvalue weighted by Crippen LogP contribution is -2.08. The number of benzene rings is 1. The van der Waals surface area contributed by atoms with Crippen molar-refractivity contribution in [3.8, 4) is 0 Å². The van der Waals surface area contributed by atoms with Gasteiger partial charge in [0.15, 0.2) is 11.6 Å². The van der Waals surface area contributed by atoms with Crippen LogP contribution in [0.1, 0.15) is 29.6 Å². The summed E-state index contributed by atoms with van der Waals surface area (Å²) in [5.74, 6) is -2.76. The van der Waals surface area contributed by atoms with Gasteiger partial charge < -0.3 is 5.32 Å². The van der Waals surface area contributed by atoms with Gasteiger partial charge in [0.05, 0.1) is 6.04 Å². The third-order valence-electron chi connectivity index (χ3n) is 2.83. The maximum Gasteiger partial charge on any atom is 0.152 e. The van der Waals surface area contributed by atoms with E-state index in [-0.39, 0.29) is 11.7 Å². The van der Waals surface area contributed by atoms with Crippen LogP contribution in [0.3, 0.4) is 0 Å². The summed E-state index contributed by atoms with van der Waals surface area (Å²) in [5, 5.41) is 2.75. The number of rotatable bonds is 4. The Labute approximate surface area is 114 Å². The molecule has 2 aromatic rings. The van der Waals surface area contributed by atoms with Gasteiger partial charge in [-0.1, -0.05) is 6.92 Å². The highest BCUT2D eigenvalue weighted by Crippen LogP contribution is 2.29. The van der Waals surface area contributed by atoms with Crippen molar-refractivity contribution in [2.24, 2.45) is 0 Å². The monoisotopic (exact) mass is 285 g/mol. The van der Waals surface area contributed by atoms with E-state index in [1.165, 1.54) is 4.88 Å². The molecule has 102 valence electrons. The first kappa shape index (κ1) is 13.9. The van der Waals surface area contributed by atoms with Crippen LogP contribution in [-0.2, 0) is 6.42 Å². The third-order valence-corrected chi connectivity index (χ3v) is 4.24. The lowest BCUT2D eigenvalue weighted by molar-refractivity contribution is 0.545. The van der Waals surface area contributed by atoms with Gasteiger partial charge in [-0.2, -0.15) is 0 Å². The molecule has 1 aromatic heterocycles. The molecule has 0 aliphatic rings. The molecule has 0 fully saturated rings. The number of thiophene rings is 1. The van der Waals surface area contributed by atoms with E-state index in [1.807, 2.05) is 26.0 Å². The van der Waals surface area contributed by atoms with Crippen LogP contribution >= 0.6 is 11.3 Å². The molecule has 1 N–H and O–H groups in total. The number of hydrogen-bond donors (Lipinski definition) is 1. The first-order valence-corrected chi connectivity index (χ1v) is 6.82. The van der Waals surface area contributed by atoms with Crippen molar-refractivity contribution >= 4 is 17.0 Å². The normalized spacial score (nSPS) is 12.5. The highest BCUT2D eigenvalue weighted by molar-refractivity contribution is 7.12. The Balaban J connectivity index is 2.21. The molecule has 19 heavy (non-hydrogen) atoms. The molecule has 1 nitrogen and oxygen atoms in total. The Bertz CT molecular complexity index is 557. The van der Waals surface area contributed by atoms with Gasteiger partial charge in [-0.05, 0) is 25.5 Å². The van der Waals surface area contributed by atoms with Gasteiger partial charge in [-0.25, -0.2) is 13.2 Å². The first-order chi connectivity index (χ1) is 9.01. The van der Waals surface area contributed by atoms with Crippen molar-refractivity contribution in [3.05, 3.63) is 51.5 Å². The number of anilines is 1. The van der Waals surface area contributed by atoms with E-state index in [0.29, 0.717) is 12.1 Å². The largest absolute Gasteiger partial charge is 0.373 e. The quantitative estimate of drug-likeness (QED) is 0.842. The van der Waals surface area contributed by atoms with Crippen LogP contribution in [0.2, 0.25) is 0 Å². The van der Waals surface area contributed by atoms with Gasteiger partial charge in [0.25, 0.3) is 0 Å². The Morgan fingerprint density at radius 3 is 2.32 bits per heavy atom. The Morgan fingerprint density at radius 2 is 1.79 bits per heavy atom. The van der Waals surface area contributed by atoms with E-state index in [2.05, 4.69) is 5.32 Å². The highest BCUT2D eigenvalue weighted by Gasteiger charge is 2.15. The summed E-state index contributed by atoms with van der Waals surface area (Å²) in [5.41, 5.74) is -0.291. The van der Waals surface area contributed by atoms with Crippen LogP contribution in [-0.4, -0.2) is 0 Å². The second-order valence-corrected chi connectivity index (χ2v) is 5.47. The Morgan fingerprint density at radius 1 is 1.16 bits per heavy atom. The highest BCUT2D eigenvalue weighted by atomic mass is 32.1. The SMILES string of the molecule is CCc1ccc(C(C)Nc2c(F)cc(F)cc2F)s1. The van der Waals surface area contributed by atoms with Crippen molar-refractivity contribution in [2.45, 2.75) is 26.3 Å². The number of nitrogens with one attached hydrogen (secondary N) is 1. The minimum absolute atomic E-state index is 0.236. The van der Waals surface area contributed by atoms with E-state index >= 15 is 0 Å².